The molecule has 5 nitrogen and oxygen atoms in total. The van der Waals surface area contributed by atoms with Gasteiger partial charge in [0.25, 0.3) is 0 Å². The number of aromatic nitrogens is 2. The highest BCUT2D eigenvalue weighted by molar-refractivity contribution is 6.30. The van der Waals surface area contributed by atoms with E-state index in [0.29, 0.717) is 6.04 Å². The minimum atomic E-state index is 0.354. The molecular formula is C18H24ClN5. The number of nitrogens with one attached hydrogen (secondary N) is 1. The molecule has 6 heteroatoms. The predicted octanol–water partition coefficient (Wildman–Crippen LogP) is 3.59. The van der Waals surface area contributed by atoms with Crippen molar-refractivity contribution in [2.75, 3.05) is 41.3 Å². The van der Waals surface area contributed by atoms with Gasteiger partial charge in [-0.2, -0.15) is 0 Å². The van der Waals surface area contributed by atoms with E-state index in [2.05, 4.69) is 45.0 Å². The predicted molar refractivity (Wildman–Crippen MR) is 101 cm³/mol. The number of hydrogen-bond donors (Lipinski definition) is 1. The molecule has 1 aliphatic heterocycles. The largest absolute Gasteiger partial charge is 0.368 e. The molecule has 2 aromatic rings. The molecule has 3 rings (SSSR count). The van der Waals surface area contributed by atoms with E-state index in [1.54, 1.807) is 0 Å². The number of nitrogens with zero attached hydrogens (tertiary/aromatic N) is 4. The molecule has 0 bridgehead atoms. The van der Waals surface area contributed by atoms with Gasteiger partial charge in [-0.05, 0) is 39.0 Å². The van der Waals surface area contributed by atoms with Crippen molar-refractivity contribution in [2.24, 2.45) is 0 Å². The third kappa shape index (κ3) is 4.09. The van der Waals surface area contributed by atoms with Crippen molar-refractivity contribution in [3.05, 3.63) is 41.2 Å². The average molecular weight is 346 g/mol. The molecule has 1 N–H and O–H groups in total. The summed E-state index contributed by atoms with van der Waals surface area (Å²) >= 11 is 6.10. The molecule has 0 aliphatic carbocycles. The Morgan fingerprint density at radius 1 is 1.04 bits per heavy atom. The Balaban J connectivity index is 1.69. The Labute approximate surface area is 148 Å². The lowest BCUT2D eigenvalue weighted by Crippen LogP contribution is -2.47. The van der Waals surface area contributed by atoms with Crippen molar-refractivity contribution in [1.82, 2.24) is 9.97 Å². The topological polar surface area (TPSA) is 44.3 Å². The molecule has 1 aliphatic rings. The first-order chi connectivity index (χ1) is 11.5. The smallest absolute Gasteiger partial charge is 0.134 e. The molecule has 128 valence electrons. The van der Waals surface area contributed by atoms with E-state index in [1.807, 2.05) is 31.2 Å². The highest BCUT2D eigenvalue weighted by atomic mass is 35.5. The van der Waals surface area contributed by atoms with Crippen LogP contribution >= 0.6 is 11.6 Å². The monoisotopic (exact) mass is 345 g/mol. The van der Waals surface area contributed by atoms with Gasteiger partial charge in [-0.15, -0.1) is 0 Å². The molecule has 2 heterocycles. The van der Waals surface area contributed by atoms with Gasteiger partial charge >= 0.3 is 0 Å². The van der Waals surface area contributed by atoms with Crippen LogP contribution in [0, 0.1) is 6.92 Å². The number of hydrogen-bond acceptors (Lipinski definition) is 5. The van der Waals surface area contributed by atoms with Gasteiger partial charge in [-0.3, -0.25) is 0 Å². The third-order valence-corrected chi connectivity index (χ3v) is 4.27. The highest BCUT2D eigenvalue weighted by Crippen LogP contribution is 2.23. The van der Waals surface area contributed by atoms with Crippen molar-refractivity contribution in [2.45, 2.75) is 26.8 Å². The number of anilines is 3. The molecule has 0 spiro atoms. The molecule has 0 unspecified atom stereocenters. The number of piperazine rings is 1. The first-order valence-electron chi connectivity index (χ1n) is 8.39. The lowest BCUT2D eigenvalue weighted by Gasteiger charge is -2.37. The fourth-order valence-electron chi connectivity index (χ4n) is 2.95. The van der Waals surface area contributed by atoms with E-state index in [-0.39, 0.29) is 0 Å². The van der Waals surface area contributed by atoms with E-state index < -0.39 is 0 Å². The van der Waals surface area contributed by atoms with Crippen LogP contribution in [0.1, 0.15) is 19.7 Å². The second-order valence-corrected chi connectivity index (χ2v) is 6.85. The van der Waals surface area contributed by atoms with Crippen LogP contribution in [0.3, 0.4) is 0 Å². The standard InChI is InChI=1S/C18H24ClN5/c1-13(2)20-17-12-18(22-14(3)21-17)24-9-7-23(8-10-24)16-6-4-5-15(19)11-16/h4-6,11-13H,7-10H2,1-3H3,(H,20,21,22). The second-order valence-electron chi connectivity index (χ2n) is 6.41. The van der Waals surface area contributed by atoms with Gasteiger partial charge in [0.05, 0.1) is 0 Å². The summed E-state index contributed by atoms with van der Waals surface area (Å²) in [6.07, 6.45) is 0. The molecule has 1 saturated heterocycles. The van der Waals surface area contributed by atoms with Gasteiger partial charge in [-0.1, -0.05) is 17.7 Å². The van der Waals surface area contributed by atoms with Gasteiger partial charge in [0.15, 0.2) is 0 Å². The number of rotatable bonds is 4. The Kier molecular flexibility index (Phi) is 5.09. The van der Waals surface area contributed by atoms with Gasteiger partial charge in [0.2, 0.25) is 0 Å². The maximum absolute atomic E-state index is 6.10. The molecule has 0 amide bonds. The summed E-state index contributed by atoms with van der Waals surface area (Å²) in [5.74, 6) is 2.69. The van der Waals surface area contributed by atoms with Crippen LogP contribution in [0.2, 0.25) is 5.02 Å². The van der Waals surface area contributed by atoms with E-state index in [0.717, 1.165) is 48.7 Å². The Morgan fingerprint density at radius 2 is 1.75 bits per heavy atom. The minimum absolute atomic E-state index is 0.354. The van der Waals surface area contributed by atoms with Gasteiger partial charge in [0, 0.05) is 49.0 Å². The van der Waals surface area contributed by atoms with Crippen LogP contribution in [0.5, 0.6) is 0 Å². The van der Waals surface area contributed by atoms with Gasteiger partial charge in [-0.25, -0.2) is 9.97 Å². The summed E-state index contributed by atoms with van der Waals surface area (Å²) in [7, 11) is 0. The lowest BCUT2D eigenvalue weighted by atomic mass is 10.2. The maximum Gasteiger partial charge on any atom is 0.134 e. The normalized spacial score (nSPS) is 15.0. The first kappa shape index (κ1) is 16.8. The lowest BCUT2D eigenvalue weighted by molar-refractivity contribution is 0.646. The zero-order valence-electron chi connectivity index (χ0n) is 14.5. The van der Waals surface area contributed by atoms with Crippen LogP contribution in [0.15, 0.2) is 30.3 Å². The molecule has 1 aromatic carbocycles. The van der Waals surface area contributed by atoms with Crippen molar-refractivity contribution in [1.29, 1.82) is 0 Å². The molecule has 0 atom stereocenters. The fourth-order valence-corrected chi connectivity index (χ4v) is 3.13. The van der Waals surface area contributed by atoms with E-state index in [1.165, 1.54) is 5.69 Å². The van der Waals surface area contributed by atoms with Crippen LogP contribution in [-0.4, -0.2) is 42.2 Å². The molecule has 0 radical (unpaired) electrons. The van der Waals surface area contributed by atoms with Crippen molar-refractivity contribution in [3.63, 3.8) is 0 Å². The van der Waals surface area contributed by atoms with E-state index in [9.17, 15) is 0 Å². The zero-order chi connectivity index (χ0) is 17.1. The summed E-state index contributed by atoms with van der Waals surface area (Å²) in [5.41, 5.74) is 1.18. The van der Waals surface area contributed by atoms with Crippen molar-refractivity contribution < 1.29 is 0 Å². The van der Waals surface area contributed by atoms with Gasteiger partial charge in [0.1, 0.15) is 17.5 Å². The Morgan fingerprint density at radius 3 is 2.42 bits per heavy atom. The number of halogens is 1. The average Bonchev–Trinajstić information content (AvgIpc) is 2.54. The van der Waals surface area contributed by atoms with Crippen molar-refractivity contribution >= 4 is 28.9 Å². The summed E-state index contributed by atoms with van der Waals surface area (Å²) in [6.45, 7) is 9.94. The summed E-state index contributed by atoms with van der Waals surface area (Å²) in [6, 6.07) is 10.4. The van der Waals surface area contributed by atoms with E-state index >= 15 is 0 Å². The second kappa shape index (κ2) is 7.26. The number of benzene rings is 1. The Bertz CT molecular complexity index is 696. The van der Waals surface area contributed by atoms with Crippen LogP contribution in [-0.2, 0) is 0 Å². The van der Waals surface area contributed by atoms with Crippen LogP contribution < -0.4 is 15.1 Å². The maximum atomic E-state index is 6.10. The summed E-state index contributed by atoms with van der Waals surface area (Å²) in [4.78, 5) is 13.8. The minimum Gasteiger partial charge on any atom is -0.368 e. The molecule has 24 heavy (non-hydrogen) atoms. The van der Waals surface area contributed by atoms with E-state index in [4.69, 9.17) is 11.6 Å². The zero-order valence-corrected chi connectivity index (χ0v) is 15.2. The molecule has 0 saturated carbocycles. The summed E-state index contributed by atoms with van der Waals surface area (Å²) in [5, 5.41) is 4.15. The SMILES string of the molecule is Cc1nc(NC(C)C)cc(N2CCN(c3cccc(Cl)c3)CC2)n1. The highest BCUT2D eigenvalue weighted by Gasteiger charge is 2.19. The Hall–Kier alpha value is -2.01. The summed E-state index contributed by atoms with van der Waals surface area (Å²) < 4.78 is 0. The van der Waals surface area contributed by atoms with Gasteiger partial charge < -0.3 is 15.1 Å². The fraction of sp³-hybridized carbons (Fsp3) is 0.444. The molecule has 1 fully saturated rings. The first-order valence-corrected chi connectivity index (χ1v) is 8.77. The van der Waals surface area contributed by atoms with Crippen LogP contribution in [0.25, 0.3) is 0 Å². The number of aryl methyl sites for hydroxylation is 1. The van der Waals surface area contributed by atoms with Crippen LogP contribution in [0.4, 0.5) is 17.3 Å². The third-order valence-electron chi connectivity index (χ3n) is 4.04. The molecular weight excluding hydrogens is 322 g/mol. The van der Waals surface area contributed by atoms with Crippen molar-refractivity contribution in [3.8, 4) is 0 Å². The quantitative estimate of drug-likeness (QED) is 0.917. The molecule has 1 aromatic heterocycles.